The Labute approximate surface area is 116 Å². The largest absolute Gasteiger partial charge is 0.397 e. The molecule has 5 nitrogen and oxygen atoms in total. The fourth-order valence-corrected chi connectivity index (χ4v) is 2.14. The average molecular weight is 265 g/mol. The molecule has 0 saturated carbocycles. The van der Waals surface area contributed by atoms with Gasteiger partial charge < -0.3 is 11.1 Å². The molecule has 0 radical (unpaired) electrons. The first kappa shape index (κ1) is 12.3. The number of fused-ring (bicyclic) bond motifs is 1. The maximum absolute atomic E-state index is 5.94. The molecule has 2 aromatic heterocycles. The quantitative estimate of drug-likeness (QED) is 0.712. The Morgan fingerprint density at radius 2 is 2.00 bits per heavy atom. The van der Waals surface area contributed by atoms with Crippen LogP contribution in [0, 0.1) is 6.92 Å². The third-order valence-corrected chi connectivity index (χ3v) is 3.09. The summed E-state index contributed by atoms with van der Waals surface area (Å²) in [7, 11) is 0. The fraction of sp³-hybridized carbons (Fsp3) is 0.133. The zero-order chi connectivity index (χ0) is 13.9. The molecule has 1 aromatic carbocycles. The summed E-state index contributed by atoms with van der Waals surface area (Å²) in [6.45, 7) is 2.52. The first-order valence-corrected chi connectivity index (χ1v) is 6.39. The van der Waals surface area contributed by atoms with Crippen LogP contribution in [0.15, 0.2) is 42.7 Å². The van der Waals surface area contributed by atoms with E-state index in [1.54, 1.807) is 12.4 Å². The molecule has 0 bridgehead atoms. The average Bonchev–Trinajstić information content (AvgIpc) is 2.47. The second-order valence-electron chi connectivity index (χ2n) is 4.55. The Kier molecular flexibility index (Phi) is 3.16. The lowest BCUT2D eigenvalue weighted by Gasteiger charge is -2.10. The second-order valence-corrected chi connectivity index (χ2v) is 4.55. The minimum Gasteiger partial charge on any atom is -0.397 e. The van der Waals surface area contributed by atoms with Crippen LogP contribution in [-0.2, 0) is 6.54 Å². The van der Waals surface area contributed by atoms with Crippen LogP contribution in [0.2, 0.25) is 0 Å². The molecule has 3 N–H and O–H groups in total. The van der Waals surface area contributed by atoms with Gasteiger partial charge in [0.2, 0.25) is 0 Å². The van der Waals surface area contributed by atoms with Crippen LogP contribution < -0.4 is 11.1 Å². The van der Waals surface area contributed by atoms with Crippen LogP contribution in [0.3, 0.4) is 0 Å². The molecule has 3 rings (SSSR count). The Hall–Kier alpha value is -2.69. The highest BCUT2D eigenvalue weighted by Crippen LogP contribution is 2.26. The number of hydrogen-bond donors (Lipinski definition) is 2. The summed E-state index contributed by atoms with van der Waals surface area (Å²) in [5.74, 6) is 0.771. The summed E-state index contributed by atoms with van der Waals surface area (Å²) < 4.78 is 0. The number of aryl methyl sites for hydroxylation is 1. The van der Waals surface area contributed by atoms with Gasteiger partial charge in [-0.2, -0.15) is 0 Å². The molecule has 0 saturated heterocycles. The van der Waals surface area contributed by atoms with Crippen molar-refractivity contribution < 1.29 is 0 Å². The van der Waals surface area contributed by atoms with E-state index >= 15 is 0 Å². The van der Waals surface area contributed by atoms with Gasteiger partial charge in [0.1, 0.15) is 5.82 Å². The normalized spacial score (nSPS) is 10.7. The van der Waals surface area contributed by atoms with Gasteiger partial charge in [0.15, 0.2) is 0 Å². The van der Waals surface area contributed by atoms with Crippen molar-refractivity contribution in [1.82, 2.24) is 15.0 Å². The monoisotopic (exact) mass is 265 g/mol. The fourth-order valence-electron chi connectivity index (χ4n) is 2.14. The van der Waals surface area contributed by atoms with E-state index < -0.39 is 0 Å². The van der Waals surface area contributed by atoms with Gasteiger partial charge in [-0.1, -0.05) is 0 Å². The minimum absolute atomic E-state index is 0.636. The smallest absolute Gasteiger partial charge is 0.125 e. The number of benzene rings is 1. The molecule has 0 aliphatic carbocycles. The molecule has 0 aliphatic heterocycles. The Morgan fingerprint density at radius 1 is 1.10 bits per heavy atom. The predicted octanol–water partition coefficient (Wildman–Crippen LogP) is 2.53. The summed E-state index contributed by atoms with van der Waals surface area (Å²) in [6, 6.07) is 9.64. The van der Waals surface area contributed by atoms with Gasteiger partial charge in [-0.05, 0) is 37.3 Å². The van der Waals surface area contributed by atoms with Crippen molar-refractivity contribution in [3.8, 4) is 0 Å². The molecule has 0 aliphatic rings. The Bertz CT molecular complexity index is 754. The molecule has 0 spiro atoms. The molecule has 0 amide bonds. The minimum atomic E-state index is 0.636. The number of hydrogen-bond acceptors (Lipinski definition) is 5. The lowest BCUT2D eigenvalue weighted by Crippen LogP contribution is -2.04. The van der Waals surface area contributed by atoms with Crippen molar-refractivity contribution in [3.05, 3.63) is 54.2 Å². The SMILES string of the molecule is Cc1nccc(CNc2ccc(N)c3ncccc23)n1. The van der Waals surface area contributed by atoms with Gasteiger partial charge in [0, 0.05) is 23.5 Å². The lowest BCUT2D eigenvalue weighted by atomic mass is 10.1. The maximum Gasteiger partial charge on any atom is 0.125 e. The lowest BCUT2D eigenvalue weighted by molar-refractivity contribution is 0.956. The van der Waals surface area contributed by atoms with Crippen LogP contribution in [0.5, 0.6) is 0 Å². The number of nitrogens with zero attached hydrogens (tertiary/aromatic N) is 3. The van der Waals surface area contributed by atoms with Gasteiger partial charge in [-0.3, -0.25) is 4.98 Å². The van der Waals surface area contributed by atoms with Gasteiger partial charge in [-0.15, -0.1) is 0 Å². The molecule has 0 atom stereocenters. The first-order valence-electron chi connectivity index (χ1n) is 6.39. The van der Waals surface area contributed by atoms with E-state index in [0.29, 0.717) is 12.2 Å². The molecule has 0 fully saturated rings. The van der Waals surface area contributed by atoms with Gasteiger partial charge >= 0.3 is 0 Å². The number of nitrogens with two attached hydrogens (primary N) is 1. The molecule has 100 valence electrons. The first-order chi connectivity index (χ1) is 9.74. The van der Waals surface area contributed by atoms with Crippen LogP contribution in [-0.4, -0.2) is 15.0 Å². The summed E-state index contributed by atoms with van der Waals surface area (Å²) >= 11 is 0. The van der Waals surface area contributed by atoms with Crippen molar-refractivity contribution in [3.63, 3.8) is 0 Å². The van der Waals surface area contributed by atoms with Crippen molar-refractivity contribution in [2.75, 3.05) is 11.1 Å². The van der Waals surface area contributed by atoms with Crippen molar-refractivity contribution in [2.24, 2.45) is 0 Å². The zero-order valence-corrected chi connectivity index (χ0v) is 11.2. The molecule has 2 heterocycles. The number of aromatic nitrogens is 3. The number of nitrogen functional groups attached to an aromatic ring is 1. The van der Waals surface area contributed by atoms with Gasteiger partial charge in [0.25, 0.3) is 0 Å². The highest BCUT2D eigenvalue weighted by molar-refractivity contribution is 5.98. The second kappa shape index (κ2) is 5.13. The molecular weight excluding hydrogens is 250 g/mol. The summed E-state index contributed by atoms with van der Waals surface area (Å²) in [5, 5.41) is 4.38. The standard InChI is InChI=1S/C15H15N5/c1-10-17-8-6-11(20-10)9-19-14-5-4-13(16)15-12(14)3-2-7-18-15/h2-8,19H,9,16H2,1H3. The van der Waals surface area contributed by atoms with Crippen LogP contribution >= 0.6 is 0 Å². The highest BCUT2D eigenvalue weighted by atomic mass is 14.9. The van der Waals surface area contributed by atoms with Crippen LogP contribution in [0.4, 0.5) is 11.4 Å². The van der Waals surface area contributed by atoms with E-state index in [1.807, 2.05) is 37.3 Å². The third-order valence-electron chi connectivity index (χ3n) is 3.09. The molecule has 3 aromatic rings. The van der Waals surface area contributed by atoms with E-state index in [4.69, 9.17) is 5.73 Å². The number of rotatable bonds is 3. The maximum atomic E-state index is 5.94. The third kappa shape index (κ3) is 2.38. The van der Waals surface area contributed by atoms with E-state index in [2.05, 4.69) is 20.3 Å². The Morgan fingerprint density at radius 3 is 2.85 bits per heavy atom. The summed E-state index contributed by atoms with van der Waals surface area (Å²) in [5.41, 5.74) is 9.39. The topological polar surface area (TPSA) is 76.7 Å². The van der Waals surface area contributed by atoms with E-state index in [0.717, 1.165) is 28.1 Å². The number of anilines is 2. The van der Waals surface area contributed by atoms with E-state index in [9.17, 15) is 0 Å². The molecule has 0 unspecified atom stereocenters. The zero-order valence-electron chi connectivity index (χ0n) is 11.2. The summed E-state index contributed by atoms with van der Waals surface area (Å²) in [4.78, 5) is 12.8. The number of pyridine rings is 1. The van der Waals surface area contributed by atoms with Crippen molar-refractivity contribution >= 4 is 22.3 Å². The highest BCUT2D eigenvalue weighted by Gasteiger charge is 2.05. The Balaban J connectivity index is 1.90. The number of nitrogens with one attached hydrogen (secondary N) is 1. The van der Waals surface area contributed by atoms with Gasteiger partial charge in [0.05, 0.1) is 23.4 Å². The van der Waals surface area contributed by atoms with Gasteiger partial charge in [-0.25, -0.2) is 9.97 Å². The molecule has 20 heavy (non-hydrogen) atoms. The van der Waals surface area contributed by atoms with E-state index in [1.165, 1.54) is 0 Å². The van der Waals surface area contributed by atoms with Crippen LogP contribution in [0.25, 0.3) is 10.9 Å². The van der Waals surface area contributed by atoms with Crippen molar-refractivity contribution in [2.45, 2.75) is 13.5 Å². The molecular formula is C15H15N5. The summed E-state index contributed by atoms with van der Waals surface area (Å²) in [6.07, 6.45) is 3.51. The van der Waals surface area contributed by atoms with E-state index in [-0.39, 0.29) is 0 Å². The van der Waals surface area contributed by atoms with Crippen molar-refractivity contribution in [1.29, 1.82) is 0 Å². The van der Waals surface area contributed by atoms with Crippen LogP contribution in [0.1, 0.15) is 11.5 Å². The molecule has 5 heteroatoms. The predicted molar refractivity (Wildman–Crippen MR) is 80.3 cm³/mol.